The fourth-order valence-electron chi connectivity index (χ4n) is 5.72. The molecule has 15 heteroatoms. The average Bonchev–Trinajstić information content (AvgIpc) is 3.60. The SMILES string of the molecule is CC1CN(c2ccc(C(F)(F)F)c3c2CN(c2nc(C(F)(F)F)cs2)CC3)CCN1C(=O)Cn1ncc2cccnc21. The van der Waals surface area contributed by atoms with E-state index in [1.54, 1.807) is 32.9 Å². The minimum absolute atomic E-state index is 0.00319. The third kappa shape index (κ3) is 5.25. The Morgan fingerprint density at radius 1 is 1.02 bits per heavy atom. The standard InChI is InChI=1S/C27H25F6N7OS/c1-16-12-37(9-10-39(16)23(41)14-40-24-17(11-35-40)3-2-7-34-24)21-5-4-20(26(28,29)30)18-6-8-38(13-19(18)21)25-36-22(15-42-25)27(31,32)33/h2-5,7,11,15-16H,6,8-10,12-14H2,1H3. The fourth-order valence-corrected chi connectivity index (χ4v) is 6.58. The summed E-state index contributed by atoms with van der Waals surface area (Å²) in [4.78, 5) is 26.5. The monoisotopic (exact) mass is 609 g/mol. The first-order valence-electron chi connectivity index (χ1n) is 13.2. The molecule has 1 aromatic carbocycles. The van der Waals surface area contributed by atoms with Crippen molar-refractivity contribution in [3.63, 3.8) is 0 Å². The second-order valence-corrected chi connectivity index (χ2v) is 11.2. The van der Waals surface area contributed by atoms with Crippen molar-refractivity contribution in [2.75, 3.05) is 36.0 Å². The Morgan fingerprint density at radius 3 is 2.55 bits per heavy atom. The molecule has 5 heterocycles. The number of piperazine rings is 1. The number of pyridine rings is 1. The average molecular weight is 610 g/mol. The minimum Gasteiger partial charge on any atom is -0.367 e. The summed E-state index contributed by atoms with van der Waals surface area (Å²) in [5, 5.41) is 6.12. The number of rotatable bonds is 4. The van der Waals surface area contributed by atoms with Crippen molar-refractivity contribution < 1.29 is 31.1 Å². The molecule has 0 aliphatic carbocycles. The highest BCUT2D eigenvalue weighted by molar-refractivity contribution is 7.13. The van der Waals surface area contributed by atoms with E-state index in [0.717, 1.165) is 28.2 Å². The number of benzene rings is 1. The van der Waals surface area contributed by atoms with Crippen LogP contribution in [0.5, 0.6) is 0 Å². The van der Waals surface area contributed by atoms with E-state index in [1.165, 1.54) is 6.07 Å². The van der Waals surface area contributed by atoms with Crippen LogP contribution in [-0.4, -0.2) is 62.8 Å². The maximum absolute atomic E-state index is 13.9. The second-order valence-electron chi connectivity index (χ2n) is 10.4. The number of carbonyl (C=O) groups excluding carboxylic acids is 1. The van der Waals surface area contributed by atoms with Gasteiger partial charge in [0.1, 0.15) is 6.54 Å². The van der Waals surface area contributed by atoms with E-state index in [1.807, 2.05) is 17.9 Å². The summed E-state index contributed by atoms with van der Waals surface area (Å²) in [6, 6.07) is 5.89. The van der Waals surface area contributed by atoms with Crippen molar-refractivity contribution in [1.29, 1.82) is 0 Å². The predicted octanol–water partition coefficient (Wildman–Crippen LogP) is 5.23. The summed E-state index contributed by atoms with van der Waals surface area (Å²) in [6.45, 7) is 3.07. The van der Waals surface area contributed by atoms with Crippen LogP contribution < -0.4 is 9.80 Å². The molecule has 6 rings (SSSR count). The van der Waals surface area contributed by atoms with Crippen molar-refractivity contribution in [1.82, 2.24) is 24.6 Å². The molecule has 1 amide bonds. The smallest absolute Gasteiger partial charge is 0.367 e. The molecule has 0 saturated carbocycles. The van der Waals surface area contributed by atoms with Crippen molar-refractivity contribution >= 4 is 39.1 Å². The zero-order valence-electron chi connectivity index (χ0n) is 22.3. The Morgan fingerprint density at radius 2 is 1.83 bits per heavy atom. The number of anilines is 2. The van der Waals surface area contributed by atoms with Gasteiger partial charge in [-0.25, -0.2) is 14.6 Å². The van der Waals surface area contributed by atoms with Gasteiger partial charge >= 0.3 is 12.4 Å². The van der Waals surface area contributed by atoms with Gasteiger partial charge < -0.3 is 14.7 Å². The van der Waals surface area contributed by atoms with E-state index in [-0.39, 0.29) is 48.7 Å². The molecule has 8 nitrogen and oxygen atoms in total. The molecular weight excluding hydrogens is 584 g/mol. The highest BCUT2D eigenvalue weighted by Crippen LogP contribution is 2.42. The number of carbonyl (C=O) groups is 1. The summed E-state index contributed by atoms with van der Waals surface area (Å²) in [5.74, 6) is -0.150. The first-order chi connectivity index (χ1) is 19.9. The molecule has 1 atom stereocenters. The molecule has 1 unspecified atom stereocenters. The summed E-state index contributed by atoms with van der Waals surface area (Å²) < 4.78 is 82.8. The topological polar surface area (TPSA) is 70.4 Å². The molecule has 2 aliphatic heterocycles. The third-order valence-electron chi connectivity index (χ3n) is 7.72. The quantitative estimate of drug-likeness (QED) is 0.296. The number of aromatic nitrogens is 4. The minimum atomic E-state index is -4.61. The van der Waals surface area contributed by atoms with Crippen LogP contribution in [0.4, 0.5) is 37.2 Å². The first kappa shape index (κ1) is 28.2. The second kappa shape index (κ2) is 10.4. The lowest BCUT2D eigenvalue weighted by Crippen LogP contribution is -2.55. The molecule has 0 N–H and O–H groups in total. The van der Waals surface area contributed by atoms with Gasteiger partial charge in [-0.2, -0.15) is 31.4 Å². The number of amides is 1. The van der Waals surface area contributed by atoms with Gasteiger partial charge in [0.2, 0.25) is 5.91 Å². The van der Waals surface area contributed by atoms with E-state index in [9.17, 15) is 31.1 Å². The van der Waals surface area contributed by atoms with E-state index in [0.29, 0.717) is 36.5 Å². The Bertz CT molecular complexity index is 1630. The van der Waals surface area contributed by atoms with Crippen LogP contribution in [0, 0.1) is 0 Å². The van der Waals surface area contributed by atoms with E-state index in [4.69, 9.17) is 0 Å². The Hall–Kier alpha value is -3.88. The number of nitrogens with zero attached hydrogens (tertiary/aromatic N) is 7. The van der Waals surface area contributed by atoms with Crippen LogP contribution in [-0.2, 0) is 36.7 Å². The van der Waals surface area contributed by atoms with Crippen LogP contribution in [0.1, 0.15) is 29.3 Å². The van der Waals surface area contributed by atoms with Crippen LogP contribution >= 0.6 is 11.3 Å². The summed E-state index contributed by atoms with van der Waals surface area (Å²) in [5.41, 5.74) is -0.0184. The van der Waals surface area contributed by atoms with Gasteiger partial charge in [0.25, 0.3) is 0 Å². The Kier molecular flexibility index (Phi) is 7.02. The molecule has 2 aliphatic rings. The van der Waals surface area contributed by atoms with Crippen LogP contribution in [0.3, 0.4) is 0 Å². The largest absolute Gasteiger partial charge is 0.434 e. The van der Waals surface area contributed by atoms with Crippen molar-refractivity contribution in [3.8, 4) is 0 Å². The molecule has 42 heavy (non-hydrogen) atoms. The number of fused-ring (bicyclic) bond motifs is 2. The van der Waals surface area contributed by atoms with Gasteiger partial charge in [0, 0.05) is 61.4 Å². The molecule has 0 bridgehead atoms. The van der Waals surface area contributed by atoms with Gasteiger partial charge in [0.05, 0.1) is 11.8 Å². The molecule has 1 saturated heterocycles. The molecule has 222 valence electrons. The lowest BCUT2D eigenvalue weighted by molar-refractivity contribution is -0.141. The lowest BCUT2D eigenvalue weighted by Gasteiger charge is -2.43. The maximum atomic E-state index is 13.9. The van der Waals surface area contributed by atoms with Crippen molar-refractivity contribution in [2.45, 2.75) is 44.8 Å². The van der Waals surface area contributed by atoms with E-state index >= 15 is 0 Å². The summed E-state index contributed by atoms with van der Waals surface area (Å²) >= 11 is 0.818. The fraction of sp³-hybridized carbons (Fsp3) is 0.407. The number of hydrogen-bond acceptors (Lipinski definition) is 7. The number of hydrogen-bond donors (Lipinski definition) is 0. The lowest BCUT2D eigenvalue weighted by atomic mass is 9.91. The highest BCUT2D eigenvalue weighted by atomic mass is 32.1. The maximum Gasteiger partial charge on any atom is 0.434 e. The molecule has 0 radical (unpaired) electrons. The molecule has 4 aromatic rings. The van der Waals surface area contributed by atoms with E-state index in [2.05, 4.69) is 15.1 Å². The predicted molar refractivity (Wildman–Crippen MR) is 144 cm³/mol. The molecule has 1 fully saturated rings. The first-order valence-corrected chi connectivity index (χ1v) is 14.1. The third-order valence-corrected chi connectivity index (χ3v) is 8.62. The van der Waals surface area contributed by atoms with Gasteiger partial charge in [-0.1, -0.05) is 0 Å². The molecule has 3 aromatic heterocycles. The zero-order valence-corrected chi connectivity index (χ0v) is 23.1. The van der Waals surface area contributed by atoms with Crippen LogP contribution in [0.15, 0.2) is 42.0 Å². The molecule has 0 spiro atoms. The van der Waals surface area contributed by atoms with Crippen LogP contribution in [0.25, 0.3) is 11.0 Å². The summed E-state index contributed by atoms with van der Waals surface area (Å²) in [7, 11) is 0. The highest BCUT2D eigenvalue weighted by Gasteiger charge is 2.39. The van der Waals surface area contributed by atoms with Gasteiger partial charge in [-0.05, 0) is 48.7 Å². The van der Waals surface area contributed by atoms with Crippen molar-refractivity contribution in [3.05, 3.63) is 64.4 Å². The molecular formula is C27H25F6N7OS. The van der Waals surface area contributed by atoms with E-state index < -0.39 is 23.6 Å². The number of alkyl halides is 6. The Labute approximate surface area is 240 Å². The summed E-state index contributed by atoms with van der Waals surface area (Å²) in [6.07, 6.45) is -5.89. The normalized spacial score (nSPS) is 18.1. The van der Waals surface area contributed by atoms with Crippen molar-refractivity contribution in [2.24, 2.45) is 0 Å². The number of thiazole rings is 1. The van der Waals surface area contributed by atoms with Gasteiger partial charge in [-0.3, -0.25) is 4.79 Å². The number of halogens is 6. The van der Waals surface area contributed by atoms with Gasteiger partial charge in [0.15, 0.2) is 16.5 Å². The zero-order chi connectivity index (χ0) is 29.8. The van der Waals surface area contributed by atoms with Gasteiger partial charge in [-0.15, -0.1) is 11.3 Å². The Balaban J connectivity index is 1.24. The van der Waals surface area contributed by atoms with Crippen LogP contribution in [0.2, 0.25) is 0 Å².